The third kappa shape index (κ3) is 3.32. The van der Waals surface area contributed by atoms with E-state index in [2.05, 4.69) is 29.6 Å². The van der Waals surface area contributed by atoms with Crippen molar-refractivity contribution in [3.8, 4) is 0 Å². The van der Waals surface area contributed by atoms with Gasteiger partial charge in [0.2, 0.25) is 0 Å². The second-order valence-corrected chi connectivity index (χ2v) is 4.46. The zero-order chi connectivity index (χ0) is 11.2. The Hall–Kier alpha value is -0.860. The standard InChI is InChI=1S/C14H21NO/c1-2-16-11-13-8-6-12(7-9-13)10-15-14-4-3-5-14/h6-9,14-15H,2-5,10-11H2,1H3. The Balaban J connectivity index is 1.76. The highest BCUT2D eigenvalue weighted by Gasteiger charge is 2.15. The van der Waals surface area contributed by atoms with E-state index in [1.807, 2.05) is 6.92 Å². The van der Waals surface area contributed by atoms with Crippen molar-refractivity contribution in [3.63, 3.8) is 0 Å². The van der Waals surface area contributed by atoms with E-state index in [9.17, 15) is 0 Å². The Kier molecular flexibility index (Phi) is 4.37. The summed E-state index contributed by atoms with van der Waals surface area (Å²) >= 11 is 0. The highest BCUT2D eigenvalue weighted by Crippen LogP contribution is 2.18. The lowest BCUT2D eigenvalue weighted by molar-refractivity contribution is 0.134. The molecule has 1 N–H and O–H groups in total. The number of hydrogen-bond acceptors (Lipinski definition) is 2. The molecule has 0 unspecified atom stereocenters. The molecule has 1 aromatic carbocycles. The minimum atomic E-state index is 0.729. The predicted octanol–water partition coefficient (Wildman–Crippen LogP) is 2.87. The summed E-state index contributed by atoms with van der Waals surface area (Å²) in [6, 6.07) is 9.48. The second-order valence-electron chi connectivity index (χ2n) is 4.46. The first-order valence-corrected chi connectivity index (χ1v) is 6.27. The van der Waals surface area contributed by atoms with Crippen molar-refractivity contribution in [3.05, 3.63) is 35.4 Å². The molecule has 0 atom stereocenters. The predicted molar refractivity (Wildman–Crippen MR) is 66.3 cm³/mol. The fraction of sp³-hybridized carbons (Fsp3) is 0.571. The Morgan fingerprint density at radius 3 is 2.44 bits per heavy atom. The molecule has 0 aliphatic heterocycles. The first-order valence-electron chi connectivity index (χ1n) is 6.27. The van der Waals surface area contributed by atoms with E-state index in [-0.39, 0.29) is 0 Å². The van der Waals surface area contributed by atoms with Crippen LogP contribution in [-0.2, 0) is 17.9 Å². The van der Waals surface area contributed by atoms with Gasteiger partial charge in [0.25, 0.3) is 0 Å². The molecular weight excluding hydrogens is 198 g/mol. The number of nitrogens with one attached hydrogen (secondary N) is 1. The van der Waals surface area contributed by atoms with Gasteiger partial charge in [-0.15, -0.1) is 0 Å². The minimum absolute atomic E-state index is 0.729. The molecule has 16 heavy (non-hydrogen) atoms. The molecule has 0 heterocycles. The quantitative estimate of drug-likeness (QED) is 0.794. The van der Waals surface area contributed by atoms with Crippen LogP contribution in [0.3, 0.4) is 0 Å². The van der Waals surface area contributed by atoms with Crippen molar-refractivity contribution in [2.75, 3.05) is 6.61 Å². The number of ether oxygens (including phenoxy) is 1. The minimum Gasteiger partial charge on any atom is -0.377 e. The van der Waals surface area contributed by atoms with E-state index in [0.717, 1.165) is 25.8 Å². The summed E-state index contributed by atoms with van der Waals surface area (Å²) in [6.45, 7) is 4.54. The highest BCUT2D eigenvalue weighted by atomic mass is 16.5. The van der Waals surface area contributed by atoms with Gasteiger partial charge in [0.05, 0.1) is 6.61 Å². The Morgan fingerprint density at radius 2 is 1.88 bits per heavy atom. The van der Waals surface area contributed by atoms with Crippen LogP contribution < -0.4 is 5.32 Å². The molecule has 2 nitrogen and oxygen atoms in total. The lowest BCUT2D eigenvalue weighted by atomic mass is 9.93. The van der Waals surface area contributed by atoms with Crippen LogP contribution in [0.15, 0.2) is 24.3 Å². The van der Waals surface area contributed by atoms with E-state index >= 15 is 0 Å². The molecular formula is C14H21NO. The van der Waals surface area contributed by atoms with Crippen LogP contribution in [0, 0.1) is 0 Å². The number of hydrogen-bond donors (Lipinski definition) is 1. The fourth-order valence-electron chi connectivity index (χ4n) is 1.85. The molecule has 0 saturated heterocycles. The second kappa shape index (κ2) is 6.02. The topological polar surface area (TPSA) is 21.3 Å². The van der Waals surface area contributed by atoms with Crippen LogP contribution in [0.5, 0.6) is 0 Å². The van der Waals surface area contributed by atoms with Gasteiger partial charge in [0, 0.05) is 19.2 Å². The molecule has 1 saturated carbocycles. The van der Waals surface area contributed by atoms with Crippen LogP contribution >= 0.6 is 0 Å². The molecule has 0 bridgehead atoms. The Bertz CT molecular complexity index is 303. The summed E-state index contributed by atoms with van der Waals surface area (Å²) in [5.41, 5.74) is 2.63. The largest absolute Gasteiger partial charge is 0.377 e. The molecule has 0 amide bonds. The van der Waals surface area contributed by atoms with Gasteiger partial charge in [-0.05, 0) is 30.9 Å². The van der Waals surface area contributed by atoms with Crippen molar-refractivity contribution in [1.82, 2.24) is 5.32 Å². The van der Waals surface area contributed by atoms with Crippen molar-refractivity contribution in [1.29, 1.82) is 0 Å². The van der Waals surface area contributed by atoms with Gasteiger partial charge in [-0.1, -0.05) is 30.7 Å². The maximum atomic E-state index is 5.37. The summed E-state index contributed by atoms with van der Waals surface area (Å²) in [7, 11) is 0. The average molecular weight is 219 g/mol. The molecule has 1 aliphatic carbocycles. The summed E-state index contributed by atoms with van der Waals surface area (Å²) in [6.07, 6.45) is 4.09. The zero-order valence-electron chi connectivity index (χ0n) is 10.0. The summed E-state index contributed by atoms with van der Waals surface area (Å²) in [5.74, 6) is 0. The van der Waals surface area contributed by atoms with Crippen molar-refractivity contribution in [2.24, 2.45) is 0 Å². The van der Waals surface area contributed by atoms with Crippen LogP contribution in [-0.4, -0.2) is 12.6 Å². The average Bonchev–Trinajstić information content (AvgIpc) is 2.26. The third-order valence-corrected chi connectivity index (χ3v) is 3.20. The number of benzene rings is 1. The maximum absolute atomic E-state index is 5.37. The highest BCUT2D eigenvalue weighted by molar-refractivity contribution is 5.22. The Labute approximate surface area is 98.0 Å². The monoisotopic (exact) mass is 219 g/mol. The molecule has 1 aromatic rings. The maximum Gasteiger partial charge on any atom is 0.0716 e. The van der Waals surface area contributed by atoms with E-state index in [1.54, 1.807) is 0 Å². The fourth-order valence-corrected chi connectivity index (χ4v) is 1.85. The normalized spacial score (nSPS) is 16.1. The van der Waals surface area contributed by atoms with Crippen LogP contribution in [0.2, 0.25) is 0 Å². The van der Waals surface area contributed by atoms with E-state index in [1.165, 1.54) is 30.4 Å². The number of rotatable bonds is 6. The smallest absolute Gasteiger partial charge is 0.0716 e. The lowest BCUT2D eigenvalue weighted by Crippen LogP contribution is -2.34. The zero-order valence-corrected chi connectivity index (χ0v) is 10.0. The van der Waals surface area contributed by atoms with Crippen LogP contribution in [0.25, 0.3) is 0 Å². The Morgan fingerprint density at radius 1 is 1.19 bits per heavy atom. The molecule has 1 fully saturated rings. The molecule has 2 rings (SSSR count). The van der Waals surface area contributed by atoms with Crippen molar-refractivity contribution >= 4 is 0 Å². The first kappa shape index (κ1) is 11.6. The molecule has 2 heteroatoms. The van der Waals surface area contributed by atoms with E-state index in [0.29, 0.717) is 0 Å². The van der Waals surface area contributed by atoms with Gasteiger partial charge < -0.3 is 10.1 Å². The molecule has 88 valence electrons. The van der Waals surface area contributed by atoms with Gasteiger partial charge in [-0.25, -0.2) is 0 Å². The van der Waals surface area contributed by atoms with Crippen molar-refractivity contribution in [2.45, 2.75) is 45.4 Å². The van der Waals surface area contributed by atoms with E-state index < -0.39 is 0 Å². The first-order chi connectivity index (χ1) is 7.88. The van der Waals surface area contributed by atoms with Gasteiger partial charge >= 0.3 is 0 Å². The molecule has 0 aromatic heterocycles. The summed E-state index contributed by atoms with van der Waals surface area (Å²) < 4.78 is 5.37. The summed E-state index contributed by atoms with van der Waals surface area (Å²) in [4.78, 5) is 0. The van der Waals surface area contributed by atoms with Gasteiger partial charge in [0.1, 0.15) is 0 Å². The lowest BCUT2D eigenvalue weighted by Gasteiger charge is -2.26. The van der Waals surface area contributed by atoms with Crippen molar-refractivity contribution < 1.29 is 4.74 Å². The van der Waals surface area contributed by atoms with Crippen LogP contribution in [0.1, 0.15) is 37.3 Å². The summed E-state index contributed by atoms with van der Waals surface area (Å²) in [5, 5.41) is 3.57. The van der Waals surface area contributed by atoms with Gasteiger partial charge in [0.15, 0.2) is 0 Å². The van der Waals surface area contributed by atoms with Gasteiger partial charge in [-0.2, -0.15) is 0 Å². The molecule has 1 aliphatic rings. The SMILES string of the molecule is CCOCc1ccc(CNC2CCC2)cc1. The van der Waals surface area contributed by atoms with Gasteiger partial charge in [-0.3, -0.25) is 0 Å². The molecule has 0 radical (unpaired) electrons. The van der Waals surface area contributed by atoms with Crippen LogP contribution in [0.4, 0.5) is 0 Å². The van der Waals surface area contributed by atoms with E-state index in [4.69, 9.17) is 4.74 Å². The third-order valence-electron chi connectivity index (χ3n) is 3.20. The molecule has 0 spiro atoms.